The van der Waals surface area contributed by atoms with Gasteiger partial charge in [0.1, 0.15) is 23.4 Å². The van der Waals surface area contributed by atoms with Crippen LogP contribution in [0.5, 0.6) is 5.75 Å². The lowest BCUT2D eigenvalue weighted by Gasteiger charge is -2.37. The summed E-state index contributed by atoms with van der Waals surface area (Å²) >= 11 is 0. The van der Waals surface area contributed by atoms with E-state index in [-0.39, 0.29) is 5.75 Å². The standard InChI is InChI=1S/C28H38N4O6/c1-16(2)32(26(36)21(15-22(29)34)30-27(37)38-28(5,6)7)24(19-11-13-20(33)14-12-19)25(35)31-23-17(3)9-8-10-18(23)4/h8-14,16,21,24,33H,15H2,1-7H3,(H2,29,34)(H,30,37)(H,31,35). The molecule has 0 heterocycles. The molecule has 0 fully saturated rings. The number of phenols is 1. The number of benzene rings is 2. The second-order valence-electron chi connectivity index (χ2n) is 10.5. The first-order chi connectivity index (χ1) is 17.6. The van der Waals surface area contributed by atoms with Crippen LogP contribution in [0.3, 0.4) is 0 Å². The Morgan fingerprint density at radius 2 is 1.55 bits per heavy atom. The molecule has 0 aliphatic rings. The van der Waals surface area contributed by atoms with Crippen LogP contribution in [0.1, 0.15) is 63.8 Å². The van der Waals surface area contributed by atoms with Crippen molar-refractivity contribution >= 4 is 29.5 Å². The maximum absolute atomic E-state index is 13.9. The third kappa shape index (κ3) is 8.22. The number of primary amides is 1. The summed E-state index contributed by atoms with van der Waals surface area (Å²) in [5, 5.41) is 15.2. The molecule has 0 aromatic heterocycles. The Morgan fingerprint density at radius 1 is 1.00 bits per heavy atom. The second kappa shape index (κ2) is 12.4. The van der Waals surface area contributed by atoms with E-state index in [1.807, 2.05) is 32.0 Å². The molecule has 0 aliphatic heterocycles. The number of ether oxygens (including phenoxy) is 1. The Balaban J connectivity index is 2.56. The summed E-state index contributed by atoms with van der Waals surface area (Å²) in [6.45, 7) is 12.1. The first kappa shape index (κ1) is 30.1. The van der Waals surface area contributed by atoms with Crippen LogP contribution in [-0.2, 0) is 19.1 Å². The number of carbonyl (C=O) groups excluding carboxylic acids is 4. The van der Waals surface area contributed by atoms with Crippen LogP contribution in [0.15, 0.2) is 42.5 Å². The van der Waals surface area contributed by atoms with Gasteiger partial charge >= 0.3 is 6.09 Å². The van der Waals surface area contributed by atoms with E-state index in [4.69, 9.17) is 10.5 Å². The van der Waals surface area contributed by atoms with Gasteiger partial charge < -0.3 is 31.1 Å². The fourth-order valence-electron chi connectivity index (χ4n) is 4.01. The zero-order chi connectivity index (χ0) is 28.8. The molecule has 10 nitrogen and oxygen atoms in total. The van der Waals surface area contributed by atoms with Gasteiger partial charge in [-0.25, -0.2) is 4.79 Å². The van der Waals surface area contributed by atoms with Crippen molar-refractivity contribution in [1.82, 2.24) is 10.2 Å². The van der Waals surface area contributed by atoms with Crippen molar-refractivity contribution < 1.29 is 29.0 Å². The van der Waals surface area contributed by atoms with Crippen molar-refractivity contribution in [2.24, 2.45) is 5.73 Å². The molecule has 2 atom stereocenters. The quantitative estimate of drug-likeness (QED) is 0.391. The molecular formula is C28H38N4O6. The lowest BCUT2D eigenvalue weighted by atomic mass is 9.99. The highest BCUT2D eigenvalue weighted by molar-refractivity contribution is 6.00. The monoisotopic (exact) mass is 526 g/mol. The number of nitrogens with two attached hydrogens (primary N) is 1. The smallest absolute Gasteiger partial charge is 0.408 e. The molecule has 2 rings (SSSR count). The van der Waals surface area contributed by atoms with Crippen LogP contribution in [0.2, 0.25) is 0 Å². The van der Waals surface area contributed by atoms with Crippen LogP contribution in [0.25, 0.3) is 0 Å². The van der Waals surface area contributed by atoms with E-state index in [9.17, 15) is 24.3 Å². The molecule has 0 saturated heterocycles. The fourth-order valence-corrected chi connectivity index (χ4v) is 4.01. The Morgan fingerprint density at radius 3 is 2.03 bits per heavy atom. The topological polar surface area (TPSA) is 151 Å². The molecule has 0 saturated carbocycles. The van der Waals surface area contributed by atoms with Gasteiger partial charge in [0, 0.05) is 11.7 Å². The van der Waals surface area contributed by atoms with Crippen LogP contribution < -0.4 is 16.4 Å². The van der Waals surface area contributed by atoms with Crippen LogP contribution in [0, 0.1) is 13.8 Å². The number of para-hydroxylation sites is 1. The van der Waals surface area contributed by atoms with Crippen LogP contribution in [0.4, 0.5) is 10.5 Å². The minimum absolute atomic E-state index is 0.0109. The zero-order valence-corrected chi connectivity index (χ0v) is 23.0. The van der Waals surface area contributed by atoms with Crippen LogP contribution in [-0.4, -0.2) is 51.5 Å². The summed E-state index contributed by atoms with van der Waals surface area (Å²) in [6, 6.07) is 8.41. The molecule has 0 radical (unpaired) electrons. The van der Waals surface area contributed by atoms with Gasteiger partial charge in [-0.3, -0.25) is 14.4 Å². The number of nitrogens with zero attached hydrogens (tertiary/aromatic N) is 1. The molecule has 2 unspecified atom stereocenters. The van der Waals surface area contributed by atoms with Gasteiger partial charge in [0.25, 0.3) is 5.91 Å². The van der Waals surface area contributed by atoms with Gasteiger partial charge in [-0.2, -0.15) is 0 Å². The molecular weight excluding hydrogens is 488 g/mol. The second-order valence-corrected chi connectivity index (χ2v) is 10.5. The van der Waals surface area contributed by atoms with E-state index in [1.54, 1.807) is 34.6 Å². The van der Waals surface area contributed by atoms with Crippen molar-refractivity contribution in [3.8, 4) is 5.75 Å². The maximum Gasteiger partial charge on any atom is 0.408 e. The minimum atomic E-state index is -1.38. The highest BCUT2D eigenvalue weighted by Gasteiger charge is 2.38. The minimum Gasteiger partial charge on any atom is -0.508 e. The third-order valence-corrected chi connectivity index (χ3v) is 5.67. The number of rotatable bonds is 9. The molecule has 4 amide bonds. The first-order valence-corrected chi connectivity index (χ1v) is 12.4. The van der Waals surface area contributed by atoms with Crippen LogP contribution >= 0.6 is 0 Å². The number of aromatic hydroxyl groups is 1. The maximum atomic E-state index is 13.9. The summed E-state index contributed by atoms with van der Waals surface area (Å²) in [6.07, 6.45) is -1.40. The number of nitrogens with one attached hydrogen (secondary N) is 2. The highest BCUT2D eigenvalue weighted by Crippen LogP contribution is 2.29. The summed E-state index contributed by atoms with van der Waals surface area (Å²) in [4.78, 5) is 53.4. The summed E-state index contributed by atoms with van der Waals surface area (Å²) < 4.78 is 5.27. The molecule has 0 aliphatic carbocycles. The Bertz CT molecular complexity index is 1150. The summed E-state index contributed by atoms with van der Waals surface area (Å²) in [5.74, 6) is -2.03. The number of hydrogen-bond acceptors (Lipinski definition) is 6. The average Bonchev–Trinajstić information content (AvgIpc) is 2.78. The number of anilines is 1. The van der Waals surface area contributed by atoms with Gasteiger partial charge in [0.05, 0.1) is 6.42 Å². The summed E-state index contributed by atoms with van der Waals surface area (Å²) in [5.41, 5.74) is 7.26. The van der Waals surface area contributed by atoms with Crippen molar-refractivity contribution in [3.05, 3.63) is 59.2 Å². The Labute approximate surface area is 223 Å². The largest absolute Gasteiger partial charge is 0.508 e. The molecule has 38 heavy (non-hydrogen) atoms. The van der Waals surface area contributed by atoms with E-state index in [2.05, 4.69) is 10.6 Å². The summed E-state index contributed by atoms with van der Waals surface area (Å²) in [7, 11) is 0. The number of phenolic OH excluding ortho intramolecular Hbond substituents is 1. The molecule has 2 aromatic carbocycles. The fraction of sp³-hybridized carbons (Fsp3) is 0.429. The lowest BCUT2D eigenvalue weighted by Crippen LogP contribution is -2.55. The van der Waals surface area contributed by atoms with Gasteiger partial charge in [-0.05, 0) is 77.3 Å². The van der Waals surface area contributed by atoms with Gasteiger partial charge in [-0.15, -0.1) is 0 Å². The lowest BCUT2D eigenvalue weighted by molar-refractivity contribution is -0.143. The molecule has 0 bridgehead atoms. The van der Waals surface area contributed by atoms with Crippen molar-refractivity contribution in [2.75, 3.05) is 5.32 Å². The van der Waals surface area contributed by atoms with Gasteiger partial charge in [0.2, 0.25) is 11.8 Å². The van der Waals surface area contributed by atoms with E-state index in [0.29, 0.717) is 11.3 Å². The number of hydrogen-bond donors (Lipinski definition) is 4. The van der Waals surface area contributed by atoms with Crippen molar-refractivity contribution in [3.63, 3.8) is 0 Å². The molecule has 5 N–H and O–H groups in total. The Kier molecular flexibility index (Phi) is 9.87. The third-order valence-electron chi connectivity index (χ3n) is 5.67. The van der Waals surface area contributed by atoms with Gasteiger partial charge in [-0.1, -0.05) is 30.3 Å². The normalized spacial score (nSPS) is 12.8. The molecule has 206 valence electrons. The molecule has 2 aromatic rings. The SMILES string of the molecule is Cc1cccc(C)c1NC(=O)C(c1ccc(O)cc1)N(C(=O)C(CC(N)=O)NC(=O)OC(C)(C)C)C(C)C. The first-order valence-electron chi connectivity index (χ1n) is 12.4. The van der Waals surface area contributed by atoms with E-state index in [0.717, 1.165) is 11.1 Å². The number of alkyl carbamates (subject to hydrolysis) is 1. The van der Waals surface area contributed by atoms with E-state index in [1.165, 1.54) is 29.2 Å². The van der Waals surface area contributed by atoms with E-state index < -0.39 is 54.0 Å². The number of carbonyl (C=O) groups is 4. The van der Waals surface area contributed by atoms with E-state index >= 15 is 0 Å². The predicted molar refractivity (Wildman–Crippen MR) is 144 cm³/mol. The zero-order valence-electron chi connectivity index (χ0n) is 23.0. The average molecular weight is 527 g/mol. The highest BCUT2D eigenvalue weighted by atomic mass is 16.6. The molecule has 0 spiro atoms. The van der Waals surface area contributed by atoms with Gasteiger partial charge in [0.15, 0.2) is 0 Å². The predicted octanol–water partition coefficient (Wildman–Crippen LogP) is 3.69. The number of amides is 4. The van der Waals surface area contributed by atoms with Crippen molar-refractivity contribution in [1.29, 1.82) is 0 Å². The number of aryl methyl sites for hydroxylation is 2. The van der Waals surface area contributed by atoms with Crippen molar-refractivity contribution in [2.45, 2.75) is 78.6 Å². The molecule has 10 heteroatoms. The Hall–Kier alpha value is -4.08.